The predicted octanol–water partition coefficient (Wildman–Crippen LogP) is 2.35. The van der Waals surface area contributed by atoms with Gasteiger partial charge in [-0.3, -0.25) is 4.79 Å². The molecule has 0 saturated heterocycles. The molecule has 2 rings (SSSR count). The van der Waals surface area contributed by atoms with E-state index < -0.39 is 58.5 Å². The van der Waals surface area contributed by atoms with E-state index in [-0.39, 0.29) is 0 Å². The van der Waals surface area contributed by atoms with Crippen LogP contribution in [0.1, 0.15) is 33.2 Å². The molecule has 0 fully saturated rings. The van der Waals surface area contributed by atoms with Crippen molar-refractivity contribution in [3.05, 3.63) is 34.4 Å². The van der Waals surface area contributed by atoms with Crippen LogP contribution in [0.5, 0.6) is 0 Å². The van der Waals surface area contributed by atoms with Gasteiger partial charge in [-0.2, -0.15) is 31.6 Å². The highest BCUT2D eigenvalue weighted by Crippen LogP contribution is 2.47. The van der Waals surface area contributed by atoms with Gasteiger partial charge in [-0.15, -0.1) is 0 Å². The number of carbonyl (C=O) groups is 1. The van der Waals surface area contributed by atoms with E-state index in [9.17, 15) is 36.2 Å². The summed E-state index contributed by atoms with van der Waals surface area (Å²) in [5, 5.41) is 27.7. The SMILES string of the molecule is N#Cc1cc2c(c(C(F)(F)F)c1)C(O)C(C(O)C(F)(F)F)C2=O. The highest BCUT2D eigenvalue weighted by atomic mass is 19.4. The molecule has 1 aromatic carbocycles. The van der Waals surface area contributed by atoms with Gasteiger partial charge in [-0.25, -0.2) is 0 Å². The van der Waals surface area contributed by atoms with Crippen LogP contribution in [-0.4, -0.2) is 28.3 Å². The Kier molecular flexibility index (Phi) is 3.90. The van der Waals surface area contributed by atoms with E-state index in [0.717, 1.165) is 0 Å². The standard InChI is InChI=1S/C13H7F6NO3/c14-12(15,16)6-2-4(3-20)1-5-7(6)10(22)8(9(5)21)11(23)13(17,18)19/h1-2,8,10-11,22-23H. The third-order valence-electron chi connectivity index (χ3n) is 3.49. The maximum atomic E-state index is 13.0. The average Bonchev–Trinajstić information content (AvgIpc) is 2.67. The monoisotopic (exact) mass is 339 g/mol. The largest absolute Gasteiger partial charge is 0.416 e. The molecule has 0 bridgehead atoms. The second kappa shape index (κ2) is 5.21. The van der Waals surface area contributed by atoms with Gasteiger partial charge in [0, 0.05) is 11.1 Å². The van der Waals surface area contributed by atoms with Gasteiger partial charge >= 0.3 is 12.4 Å². The molecule has 0 radical (unpaired) electrons. The van der Waals surface area contributed by atoms with Gasteiger partial charge < -0.3 is 10.2 Å². The van der Waals surface area contributed by atoms with E-state index in [4.69, 9.17) is 10.4 Å². The Morgan fingerprint density at radius 2 is 1.74 bits per heavy atom. The van der Waals surface area contributed by atoms with Crippen LogP contribution in [0.15, 0.2) is 12.1 Å². The number of hydrogen-bond donors (Lipinski definition) is 2. The first-order valence-corrected chi connectivity index (χ1v) is 6.02. The lowest BCUT2D eigenvalue weighted by atomic mass is 9.94. The molecule has 0 saturated carbocycles. The summed E-state index contributed by atoms with van der Waals surface area (Å²) in [6, 6.07) is 2.36. The van der Waals surface area contributed by atoms with E-state index in [1.54, 1.807) is 0 Å². The average molecular weight is 339 g/mol. The summed E-state index contributed by atoms with van der Waals surface area (Å²) in [6.07, 6.45) is -16.2. The summed E-state index contributed by atoms with van der Waals surface area (Å²) in [6.45, 7) is 0. The summed E-state index contributed by atoms with van der Waals surface area (Å²) >= 11 is 0. The van der Waals surface area contributed by atoms with Crippen molar-refractivity contribution in [3.63, 3.8) is 0 Å². The molecule has 0 aliphatic heterocycles. The summed E-state index contributed by atoms with van der Waals surface area (Å²) in [5.41, 5.74) is -4.09. The van der Waals surface area contributed by atoms with Crippen LogP contribution in [0.4, 0.5) is 26.3 Å². The van der Waals surface area contributed by atoms with Gasteiger partial charge in [0.25, 0.3) is 0 Å². The molecule has 4 nitrogen and oxygen atoms in total. The number of carbonyl (C=O) groups excluding carboxylic acids is 1. The fraction of sp³-hybridized carbons (Fsp3) is 0.385. The molecule has 23 heavy (non-hydrogen) atoms. The fourth-order valence-electron chi connectivity index (χ4n) is 2.50. The third-order valence-corrected chi connectivity index (χ3v) is 3.49. The summed E-state index contributed by atoms with van der Waals surface area (Å²) in [7, 11) is 0. The van der Waals surface area contributed by atoms with Crippen molar-refractivity contribution < 1.29 is 41.4 Å². The third kappa shape index (κ3) is 2.77. The maximum Gasteiger partial charge on any atom is 0.416 e. The number of alkyl halides is 6. The molecule has 0 aromatic heterocycles. The van der Waals surface area contributed by atoms with Crippen LogP contribution in [-0.2, 0) is 6.18 Å². The molecule has 10 heteroatoms. The zero-order valence-corrected chi connectivity index (χ0v) is 10.9. The minimum absolute atomic E-state index is 0.331. The van der Waals surface area contributed by atoms with Crippen molar-refractivity contribution in [1.82, 2.24) is 0 Å². The van der Waals surface area contributed by atoms with Crippen LogP contribution >= 0.6 is 0 Å². The Hall–Kier alpha value is -2.12. The Morgan fingerprint density at radius 3 is 2.17 bits per heavy atom. The Labute approximate surface area is 124 Å². The molecule has 0 amide bonds. The number of hydrogen-bond acceptors (Lipinski definition) is 4. The number of Topliss-reactive ketones (excluding diaryl/α,β-unsaturated/α-hetero) is 1. The molecule has 3 atom stereocenters. The molecular weight excluding hydrogens is 332 g/mol. The molecular formula is C13H7F6NO3. The zero-order chi connectivity index (χ0) is 17.7. The number of nitrogens with zero attached hydrogens (tertiary/aromatic N) is 1. The first kappa shape index (κ1) is 17.2. The lowest BCUT2D eigenvalue weighted by Crippen LogP contribution is -2.40. The highest BCUT2D eigenvalue weighted by molar-refractivity contribution is 6.04. The first-order valence-electron chi connectivity index (χ1n) is 6.02. The second-order valence-electron chi connectivity index (χ2n) is 4.92. The highest BCUT2D eigenvalue weighted by Gasteiger charge is 2.55. The van der Waals surface area contributed by atoms with Crippen LogP contribution < -0.4 is 0 Å². The minimum atomic E-state index is -5.31. The smallest absolute Gasteiger partial charge is 0.387 e. The van der Waals surface area contributed by atoms with Crippen molar-refractivity contribution in [3.8, 4) is 6.07 Å². The molecule has 2 N–H and O–H groups in total. The summed E-state index contributed by atoms with van der Waals surface area (Å²) < 4.78 is 76.7. The lowest BCUT2D eigenvalue weighted by molar-refractivity contribution is -0.221. The first-order chi connectivity index (χ1) is 10.4. The van der Waals surface area contributed by atoms with Crippen LogP contribution in [0.3, 0.4) is 0 Å². The number of benzene rings is 1. The van der Waals surface area contributed by atoms with Gasteiger partial charge in [0.05, 0.1) is 29.2 Å². The number of rotatable bonds is 1. The van der Waals surface area contributed by atoms with E-state index >= 15 is 0 Å². The Balaban J connectivity index is 2.67. The quantitative estimate of drug-likeness (QED) is 0.770. The number of nitriles is 1. The second-order valence-corrected chi connectivity index (χ2v) is 4.92. The van der Waals surface area contributed by atoms with Crippen molar-refractivity contribution in [1.29, 1.82) is 5.26 Å². The molecule has 0 spiro atoms. The van der Waals surface area contributed by atoms with E-state index in [0.29, 0.717) is 12.1 Å². The van der Waals surface area contributed by atoms with Crippen molar-refractivity contribution in [2.45, 2.75) is 24.6 Å². The van der Waals surface area contributed by atoms with Crippen LogP contribution in [0.25, 0.3) is 0 Å². The van der Waals surface area contributed by atoms with Crippen molar-refractivity contribution in [2.24, 2.45) is 5.92 Å². The normalized spacial score (nSPS) is 22.7. The predicted molar refractivity (Wildman–Crippen MR) is 61.0 cm³/mol. The van der Waals surface area contributed by atoms with Crippen molar-refractivity contribution in [2.75, 3.05) is 0 Å². The van der Waals surface area contributed by atoms with Gasteiger partial charge in [-0.05, 0) is 12.1 Å². The molecule has 0 heterocycles. The molecule has 1 aliphatic carbocycles. The maximum absolute atomic E-state index is 13.0. The molecule has 1 aromatic rings. The van der Waals surface area contributed by atoms with Gasteiger partial charge in [0.2, 0.25) is 0 Å². The molecule has 124 valence electrons. The number of fused-ring (bicyclic) bond motifs is 1. The Morgan fingerprint density at radius 1 is 1.17 bits per heavy atom. The summed E-state index contributed by atoms with van der Waals surface area (Å²) in [4.78, 5) is 11.9. The van der Waals surface area contributed by atoms with Gasteiger partial charge in [0.1, 0.15) is 0 Å². The molecule has 1 aliphatic rings. The van der Waals surface area contributed by atoms with E-state index in [2.05, 4.69) is 0 Å². The lowest BCUT2D eigenvalue weighted by Gasteiger charge is -2.23. The van der Waals surface area contributed by atoms with E-state index in [1.807, 2.05) is 0 Å². The zero-order valence-electron chi connectivity index (χ0n) is 10.9. The van der Waals surface area contributed by atoms with Crippen LogP contribution in [0.2, 0.25) is 0 Å². The number of aliphatic hydroxyl groups excluding tert-OH is 2. The number of aliphatic hydroxyl groups is 2. The van der Waals surface area contributed by atoms with Gasteiger partial charge in [0.15, 0.2) is 11.9 Å². The number of ketones is 1. The van der Waals surface area contributed by atoms with Crippen LogP contribution in [0, 0.1) is 17.2 Å². The van der Waals surface area contributed by atoms with Gasteiger partial charge in [-0.1, -0.05) is 0 Å². The fourth-order valence-corrected chi connectivity index (χ4v) is 2.50. The van der Waals surface area contributed by atoms with E-state index in [1.165, 1.54) is 6.07 Å². The number of halogens is 6. The topological polar surface area (TPSA) is 81.3 Å². The molecule has 3 unspecified atom stereocenters. The Bertz CT molecular complexity index is 703. The summed E-state index contributed by atoms with van der Waals surface area (Å²) in [5.74, 6) is -4.01. The minimum Gasteiger partial charge on any atom is -0.387 e. The van der Waals surface area contributed by atoms with Crippen molar-refractivity contribution >= 4 is 5.78 Å².